The summed E-state index contributed by atoms with van der Waals surface area (Å²) in [6, 6.07) is -0.454. The lowest BCUT2D eigenvalue weighted by atomic mass is 9.88. The van der Waals surface area contributed by atoms with Gasteiger partial charge in [-0.1, -0.05) is 13.8 Å². The van der Waals surface area contributed by atoms with Crippen LogP contribution < -0.4 is 5.32 Å². The van der Waals surface area contributed by atoms with Gasteiger partial charge in [-0.05, 0) is 13.8 Å². The minimum atomic E-state index is -4.97. The van der Waals surface area contributed by atoms with Gasteiger partial charge >= 0.3 is 6.18 Å². The average molecular weight is 227 g/mol. The number of nitrogens with one attached hydrogen (secondary N) is 1. The standard InChI is InChI=1S/C9H16F3NO2/c1-5(2)8(15,9(10,11)12)7(14)13-6(3)4/h5-6,15H,1-4H3,(H,13,14). The summed E-state index contributed by atoms with van der Waals surface area (Å²) in [4.78, 5) is 11.3. The van der Waals surface area contributed by atoms with E-state index in [2.05, 4.69) is 5.32 Å². The van der Waals surface area contributed by atoms with Crippen molar-refractivity contribution >= 4 is 5.91 Å². The fourth-order valence-corrected chi connectivity index (χ4v) is 1.09. The van der Waals surface area contributed by atoms with Crippen molar-refractivity contribution in [2.24, 2.45) is 5.92 Å². The molecule has 0 aliphatic carbocycles. The molecule has 1 atom stereocenters. The zero-order chi connectivity index (χ0) is 12.4. The molecule has 1 unspecified atom stereocenters. The van der Waals surface area contributed by atoms with Gasteiger partial charge in [0.1, 0.15) is 0 Å². The first-order chi connectivity index (χ1) is 6.53. The van der Waals surface area contributed by atoms with Crippen LogP contribution in [-0.4, -0.2) is 28.8 Å². The molecule has 3 nitrogen and oxygen atoms in total. The third-order valence-corrected chi connectivity index (χ3v) is 2.03. The number of halogens is 3. The van der Waals surface area contributed by atoms with Gasteiger partial charge in [0.25, 0.3) is 5.91 Å². The molecule has 0 saturated heterocycles. The van der Waals surface area contributed by atoms with Crippen LogP contribution in [0.1, 0.15) is 27.7 Å². The SMILES string of the molecule is CC(C)NC(=O)C(O)(C(C)C)C(F)(F)F. The van der Waals surface area contributed by atoms with Crippen LogP contribution in [0.5, 0.6) is 0 Å². The molecular weight excluding hydrogens is 211 g/mol. The second-order valence-electron chi connectivity index (χ2n) is 4.05. The summed E-state index contributed by atoms with van der Waals surface area (Å²) in [6.45, 7) is 5.34. The first kappa shape index (κ1) is 14.2. The maximum atomic E-state index is 12.5. The molecule has 2 N–H and O–H groups in total. The summed E-state index contributed by atoms with van der Waals surface area (Å²) in [5, 5.41) is 11.5. The van der Waals surface area contributed by atoms with Crippen LogP contribution in [0.25, 0.3) is 0 Å². The molecule has 0 rings (SSSR count). The molecule has 0 aromatic rings. The van der Waals surface area contributed by atoms with E-state index in [4.69, 9.17) is 0 Å². The zero-order valence-electron chi connectivity index (χ0n) is 9.14. The van der Waals surface area contributed by atoms with Gasteiger partial charge in [0.05, 0.1) is 0 Å². The van der Waals surface area contributed by atoms with Crippen LogP contribution in [0, 0.1) is 5.92 Å². The Bertz CT molecular complexity index is 238. The lowest BCUT2D eigenvalue weighted by Crippen LogP contribution is -2.61. The van der Waals surface area contributed by atoms with E-state index in [0.717, 1.165) is 13.8 Å². The fraction of sp³-hybridized carbons (Fsp3) is 0.889. The van der Waals surface area contributed by atoms with Crippen molar-refractivity contribution in [1.29, 1.82) is 0 Å². The summed E-state index contributed by atoms with van der Waals surface area (Å²) < 4.78 is 37.6. The van der Waals surface area contributed by atoms with Crippen molar-refractivity contribution in [2.75, 3.05) is 0 Å². The number of rotatable bonds is 3. The second kappa shape index (κ2) is 4.38. The molecule has 90 valence electrons. The number of hydrogen-bond donors (Lipinski definition) is 2. The van der Waals surface area contributed by atoms with E-state index in [1.807, 2.05) is 0 Å². The van der Waals surface area contributed by atoms with E-state index in [0.29, 0.717) is 0 Å². The number of amides is 1. The maximum Gasteiger partial charge on any atom is 0.426 e. The maximum absolute atomic E-state index is 12.5. The summed E-state index contributed by atoms with van der Waals surface area (Å²) in [6.07, 6.45) is -4.97. The van der Waals surface area contributed by atoms with Crippen molar-refractivity contribution in [1.82, 2.24) is 5.32 Å². The smallest absolute Gasteiger partial charge is 0.372 e. The highest BCUT2D eigenvalue weighted by molar-refractivity contribution is 5.86. The van der Waals surface area contributed by atoms with Gasteiger partial charge in [0.2, 0.25) is 5.60 Å². The molecule has 6 heteroatoms. The highest BCUT2D eigenvalue weighted by atomic mass is 19.4. The molecule has 0 radical (unpaired) electrons. The highest BCUT2D eigenvalue weighted by Gasteiger charge is 2.61. The first-order valence-electron chi connectivity index (χ1n) is 4.63. The summed E-state index contributed by atoms with van der Waals surface area (Å²) in [5.74, 6) is -2.64. The van der Waals surface area contributed by atoms with E-state index >= 15 is 0 Å². The Balaban J connectivity index is 5.05. The van der Waals surface area contributed by atoms with Gasteiger partial charge in [-0.15, -0.1) is 0 Å². The number of hydrogen-bond acceptors (Lipinski definition) is 2. The molecule has 0 aromatic heterocycles. The van der Waals surface area contributed by atoms with Crippen LogP contribution in [0.4, 0.5) is 13.2 Å². The Morgan fingerprint density at radius 2 is 1.60 bits per heavy atom. The third kappa shape index (κ3) is 2.84. The quantitative estimate of drug-likeness (QED) is 0.766. The van der Waals surface area contributed by atoms with Crippen molar-refractivity contribution in [2.45, 2.75) is 45.5 Å². The molecular formula is C9H16F3NO2. The summed E-state index contributed by atoms with van der Waals surface area (Å²) in [5.41, 5.74) is -3.32. The monoisotopic (exact) mass is 227 g/mol. The molecule has 1 amide bonds. The number of carbonyl (C=O) groups excluding carboxylic acids is 1. The molecule has 0 bridgehead atoms. The van der Waals surface area contributed by atoms with Crippen molar-refractivity contribution in [3.8, 4) is 0 Å². The number of alkyl halides is 3. The third-order valence-electron chi connectivity index (χ3n) is 2.03. The minimum Gasteiger partial charge on any atom is -0.372 e. The van der Waals surface area contributed by atoms with Gasteiger partial charge in [0, 0.05) is 12.0 Å². The van der Waals surface area contributed by atoms with Crippen LogP contribution in [-0.2, 0) is 4.79 Å². The Labute approximate surface area is 86.7 Å². The highest BCUT2D eigenvalue weighted by Crippen LogP contribution is 2.36. The molecule has 0 spiro atoms. The molecule has 0 fully saturated rings. The van der Waals surface area contributed by atoms with Crippen molar-refractivity contribution in [3.05, 3.63) is 0 Å². The molecule has 0 aromatic carbocycles. The van der Waals surface area contributed by atoms with E-state index in [9.17, 15) is 23.1 Å². The van der Waals surface area contributed by atoms with Crippen molar-refractivity contribution in [3.63, 3.8) is 0 Å². The van der Waals surface area contributed by atoms with Gasteiger partial charge in [0.15, 0.2) is 0 Å². The second-order valence-corrected chi connectivity index (χ2v) is 4.05. The Morgan fingerprint density at radius 1 is 1.20 bits per heavy atom. The van der Waals surface area contributed by atoms with Crippen LogP contribution in [0.3, 0.4) is 0 Å². The van der Waals surface area contributed by atoms with E-state index in [1.165, 1.54) is 13.8 Å². The lowest BCUT2D eigenvalue weighted by molar-refractivity contribution is -0.265. The predicted molar refractivity (Wildman–Crippen MR) is 49.1 cm³/mol. The van der Waals surface area contributed by atoms with Crippen LogP contribution >= 0.6 is 0 Å². The molecule has 0 saturated carbocycles. The normalized spacial score (nSPS) is 16.7. The number of aliphatic hydroxyl groups is 1. The van der Waals surface area contributed by atoms with E-state index < -0.39 is 29.6 Å². The summed E-state index contributed by atoms with van der Waals surface area (Å²) >= 11 is 0. The van der Waals surface area contributed by atoms with E-state index in [-0.39, 0.29) is 0 Å². The predicted octanol–water partition coefficient (Wildman–Crippen LogP) is 1.46. The van der Waals surface area contributed by atoms with Gasteiger partial charge < -0.3 is 10.4 Å². The molecule has 0 aliphatic heterocycles. The minimum absolute atomic E-state index is 0.454. The average Bonchev–Trinajstić information content (AvgIpc) is 1.98. The molecule has 15 heavy (non-hydrogen) atoms. The Morgan fingerprint density at radius 3 is 1.80 bits per heavy atom. The Kier molecular flexibility index (Phi) is 4.16. The topological polar surface area (TPSA) is 49.3 Å². The van der Waals surface area contributed by atoms with Crippen molar-refractivity contribution < 1.29 is 23.1 Å². The molecule has 0 heterocycles. The first-order valence-corrected chi connectivity index (χ1v) is 4.63. The van der Waals surface area contributed by atoms with Gasteiger partial charge in [-0.3, -0.25) is 4.79 Å². The Hall–Kier alpha value is -0.780. The van der Waals surface area contributed by atoms with Gasteiger partial charge in [-0.2, -0.15) is 13.2 Å². The molecule has 0 aliphatic rings. The summed E-state index contributed by atoms with van der Waals surface area (Å²) in [7, 11) is 0. The lowest BCUT2D eigenvalue weighted by Gasteiger charge is -2.33. The fourth-order valence-electron chi connectivity index (χ4n) is 1.09. The van der Waals surface area contributed by atoms with Gasteiger partial charge in [-0.25, -0.2) is 0 Å². The largest absolute Gasteiger partial charge is 0.426 e. The zero-order valence-corrected chi connectivity index (χ0v) is 9.14. The van der Waals surface area contributed by atoms with Crippen LogP contribution in [0.15, 0.2) is 0 Å². The number of carbonyl (C=O) groups is 1. The van der Waals surface area contributed by atoms with E-state index in [1.54, 1.807) is 0 Å². The van der Waals surface area contributed by atoms with Crippen LogP contribution in [0.2, 0.25) is 0 Å².